The van der Waals surface area contributed by atoms with Crippen LogP contribution in [0, 0.1) is 5.92 Å². The summed E-state index contributed by atoms with van der Waals surface area (Å²) in [6, 6.07) is 7.27. The molecule has 1 aliphatic rings. The number of benzene rings is 1. The summed E-state index contributed by atoms with van der Waals surface area (Å²) in [7, 11) is 0. The number of aryl methyl sites for hydroxylation is 1. The van der Waals surface area contributed by atoms with E-state index in [0.29, 0.717) is 53.6 Å². The fourth-order valence-corrected chi connectivity index (χ4v) is 4.38. The van der Waals surface area contributed by atoms with Gasteiger partial charge in [0, 0.05) is 37.2 Å². The molecule has 1 aliphatic heterocycles. The lowest BCUT2D eigenvalue weighted by molar-refractivity contribution is -0.111. The molecule has 0 saturated carbocycles. The summed E-state index contributed by atoms with van der Waals surface area (Å²) in [5.74, 6) is 1.69. The number of hydrogen-bond acceptors (Lipinski definition) is 9. The number of H-pyrrole nitrogens is 1. The highest BCUT2D eigenvalue weighted by atomic mass is 16.4. The maximum Gasteiger partial charge on any atom is 0.267 e. The van der Waals surface area contributed by atoms with Crippen LogP contribution in [0.3, 0.4) is 0 Å². The number of nitrogens with zero attached hydrogens (tertiary/aromatic N) is 6. The van der Waals surface area contributed by atoms with E-state index >= 15 is 0 Å². The van der Waals surface area contributed by atoms with Crippen molar-refractivity contribution in [3.05, 3.63) is 64.9 Å². The van der Waals surface area contributed by atoms with Gasteiger partial charge in [0.05, 0.1) is 17.1 Å². The Balaban J connectivity index is 1.14. The largest absolute Gasteiger partial charge is 0.419 e. The summed E-state index contributed by atoms with van der Waals surface area (Å²) in [6.07, 6.45) is 8.75. The fraction of sp³-hybridized carbons (Fsp3) is 0.375. The molecule has 10 nitrogen and oxygen atoms in total. The van der Waals surface area contributed by atoms with Gasteiger partial charge in [-0.2, -0.15) is 0 Å². The number of hydrogen-bond donors (Lipinski definition) is 1. The third kappa shape index (κ3) is 4.91. The van der Waals surface area contributed by atoms with E-state index in [0.717, 1.165) is 32.2 Å². The Hall–Kier alpha value is -3.79. The van der Waals surface area contributed by atoms with Crippen molar-refractivity contribution in [2.45, 2.75) is 31.6 Å². The van der Waals surface area contributed by atoms with Crippen LogP contribution < -0.4 is 5.56 Å². The summed E-state index contributed by atoms with van der Waals surface area (Å²) in [5.41, 5.74) is 1.10. The molecule has 4 heterocycles. The van der Waals surface area contributed by atoms with Crippen molar-refractivity contribution in [1.29, 1.82) is 0 Å². The number of piperidine rings is 1. The standard InChI is InChI=1S/C24H25N7O3/c32-15-16(5-6-21-27-19-4-2-1-3-18(19)22(33)28-21)14-31-11-7-17(8-12-31)23-29-30-24(34-23)20-13-25-9-10-26-20/h1-4,9-10,13,15-17H,5-8,11-12,14H2,(H,27,28,33). The minimum atomic E-state index is -0.145. The van der Waals surface area contributed by atoms with Crippen LogP contribution in [0.25, 0.3) is 22.5 Å². The minimum Gasteiger partial charge on any atom is -0.419 e. The number of carbonyl (C=O) groups is 1. The quantitative estimate of drug-likeness (QED) is 0.395. The molecule has 0 spiro atoms. The van der Waals surface area contributed by atoms with Crippen molar-refractivity contribution >= 4 is 17.2 Å². The van der Waals surface area contributed by atoms with Gasteiger partial charge >= 0.3 is 0 Å². The van der Waals surface area contributed by atoms with Crippen LogP contribution in [0.15, 0.2) is 52.1 Å². The number of nitrogens with one attached hydrogen (secondary N) is 1. The first-order chi connectivity index (χ1) is 16.7. The van der Waals surface area contributed by atoms with Gasteiger partial charge in [0.25, 0.3) is 11.4 Å². The second-order valence-corrected chi connectivity index (χ2v) is 8.58. The average Bonchev–Trinajstić information content (AvgIpc) is 3.38. The smallest absolute Gasteiger partial charge is 0.267 e. The van der Waals surface area contributed by atoms with Gasteiger partial charge in [-0.1, -0.05) is 12.1 Å². The second kappa shape index (κ2) is 10.0. The predicted octanol–water partition coefficient (Wildman–Crippen LogP) is 2.39. The van der Waals surface area contributed by atoms with Gasteiger partial charge in [-0.15, -0.1) is 10.2 Å². The molecule has 1 unspecified atom stereocenters. The number of aromatic amines is 1. The number of rotatable bonds is 8. The van der Waals surface area contributed by atoms with Crippen LogP contribution in [-0.2, 0) is 11.2 Å². The number of aldehydes is 1. The van der Waals surface area contributed by atoms with E-state index in [4.69, 9.17) is 4.42 Å². The molecule has 174 valence electrons. The maximum absolute atomic E-state index is 12.3. The molecular weight excluding hydrogens is 434 g/mol. The lowest BCUT2D eigenvalue weighted by Gasteiger charge is -2.31. The zero-order valence-electron chi connectivity index (χ0n) is 18.6. The van der Waals surface area contributed by atoms with E-state index in [1.54, 1.807) is 24.7 Å². The van der Waals surface area contributed by atoms with E-state index in [-0.39, 0.29) is 17.4 Å². The summed E-state index contributed by atoms with van der Waals surface area (Å²) in [4.78, 5) is 41.9. The van der Waals surface area contributed by atoms with Crippen molar-refractivity contribution in [2.75, 3.05) is 19.6 Å². The molecule has 1 saturated heterocycles. The Kier molecular flexibility index (Phi) is 6.48. The topological polar surface area (TPSA) is 131 Å². The zero-order chi connectivity index (χ0) is 23.3. The maximum atomic E-state index is 12.3. The van der Waals surface area contributed by atoms with Gasteiger partial charge in [-0.25, -0.2) is 9.97 Å². The van der Waals surface area contributed by atoms with Crippen LogP contribution in [0.1, 0.15) is 36.9 Å². The number of para-hydroxylation sites is 1. The average molecular weight is 460 g/mol. The Bertz CT molecular complexity index is 1310. The van der Waals surface area contributed by atoms with Crippen molar-refractivity contribution in [3.63, 3.8) is 0 Å². The fourth-order valence-electron chi connectivity index (χ4n) is 4.38. The molecule has 4 aromatic rings. The summed E-state index contributed by atoms with van der Waals surface area (Å²) in [5, 5.41) is 8.90. The molecule has 1 aromatic carbocycles. The van der Waals surface area contributed by atoms with Crippen LogP contribution in [0.5, 0.6) is 0 Å². The highest BCUT2D eigenvalue weighted by molar-refractivity contribution is 5.77. The molecular formula is C24H25N7O3. The first kappa shape index (κ1) is 22.0. The number of fused-ring (bicyclic) bond motifs is 1. The first-order valence-corrected chi connectivity index (χ1v) is 11.4. The molecule has 1 atom stereocenters. The summed E-state index contributed by atoms with van der Waals surface area (Å²) >= 11 is 0. The highest BCUT2D eigenvalue weighted by Crippen LogP contribution is 2.29. The Labute approximate surface area is 195 Å². The SMILES string of the molecule is O=CC(CCc1nc2ccccc2c(=O)[nH]1)CN1CCC(c2nnc(-c3cnccn3)o2)CC1. The third-order valence-corrected chi connectivity index (χ3v) is 6.26. The molecule has 0 amide bonds. The van der Waals surface area contributed by atoms with Crippen molar-refractivity contribution in [3.8, 4) is 11.6 Å². The molecule has 3 aromatic heterocycles. The molecule has 1 fully saturated rings. The van der Waals surface area contributed by atoms with Crippen molar-refractivity contribution in [1.82, 2.24) is 35.0 Å². The minimum absolute atomic E-state index is 0.125. The zero-order valence-corrected chi connectivity index (χ0v) is 18.6. The molecule has 1 N–H and O–H groups in total. The van der Waals surface area contributed by atoms with Gasteiger partial charge in [-0.05, 0) is 44.5 Å². The van der Waals surface area contributed by atoms with Crippen LogP contribution in [0.2, 0.25) is 0 Å². The van der Waals surface area contributed by atoms with Gasteiger partial charge in [-0.3, -0.25) is 9.78 Å². The van der Waals surface area contributed by atoms with E-state index in [1.807, 2.05) is 18.2 Å². The predicted molar refractivity (Wildman–Crippen MR) is 124 cm³/mol. The molecule has 0 radical (unpaired) electrons. The first-order valence-electron chi connectivity index (χ1n) is 11.4. The van der Waals surface area contributed by atoms with E-state index in [9.17, 15) is 9.59 Å². The van der Waals surface area contributed by atoms with Gasteiger partial charge in [0.15, 0.2) is 0 Å². The van der Waals surface area contributed by atoms with Crippen LogP contribution >= 0.6 is 0 Å². The molecule has 0 bridgehead atoms. The Morgan fingerprint density at radius 2 is 2.03 bits per heavy atom. The van der Waals surface area contributed by atoms with Gasteiger partial charge in [0.2, 0.25) is 5.89 Å². The Morgan fingerprint density at radius 1 is 1.18 bits per heavy atom. The van der Waals surface area contributed by atoms with E-state index in [1.165, 1.54) is 0 Å². The monoisotopic (exact) mass is 459 g/mol. The molecule has 0 aliphatic carbocycles. The number of aromatic nitrogens is 6. The summed E-state index contributed by atoms with van der Waals surface area (Å²) in [6.45, 7) is 2.38. The van der Waals surface area contributed by atoms with Crippen LogP contribution in [-0.4, -0.2) is 61.0 Å². The van der Waals surface area contributed by atoms with Gasteiger partial charge in [0.1, 0.15) is 17.8 Å². The molecule has 10 heteroatoms. The second-order valence-electron chi connectivity index (χ2n) is 8.58. The molecule has 34 heavy (non-hydrogen) atoms. The normalized spacial score (nSPS) is 16.0. The number of carbonyl (C=O) groups excluding carboxylic acids is 1. The highest BCUT2D eigenvalue weighted by Gasteiger charge is 2.26. The van der Waals surface area contributed by atoms with Crippen molar-refractivity contribution < 1.29 is 9.21 Å². The third-order valence-electron chi connectivity index (χ3n) is 6.26. The van der Waals surface area contributed by atoms with E-state index in [2.05, 4.69) is 35.0 Å². The summed E-state index contributed by atoms with van der Waals surface area (Å²) < 4.78 is 5.84. The van der Waals surface area contributed by atoms with E-state index < -0.39 is 0 Å². The lowest BCUT2D eigenvalue weighted by atomic mass is 9.95. The molecule has 5 rings (SSSR count). The van der Waals surface area contributed by atoms with Gasteiger partial charge < -0.3 is 19.1 Å². The Morgan fingerprint density at radius 3 is 2.82 bits per heavy atom. The van der Waals surface area contributed by atoms with Crippen LogP contribution in [0.4, 0.5) is 0 Å². The van der Waals surface area contributed by atoms with Crippen molar-refractivity contribution in [2.24, 2.45) is 5.92 Å². The number of likely N-dealkylation sites (tertiary alicyclic amines) is 1. The lowest BCUT2D eigenvalue weighted by Crippen LogP contribution is -2.37.